The van der Waals surface area contributed by atoms with Crippen molar-refractivity contribution in [2.24, 2.45) is 0 Å². The van der Waals surface area contributed by atoms with Crippen LogP contribution in [0.15, 0.2) is 12.1 Å². The molecule has 0 aliphatic heterocycles. The number of nitrogens with zero attached hydrogens (tertiary/aromatic N) is 2. The summed E-state index contributed by atoms with van der Waals surface area (Å²) < 4.78 is 0. The summed E-state index contributed by atoms with van der Waals surface area (Å²) in [5.74, 6) is 0. The average Bonchev–Trinajstić information content (AvgIpc) is 2.39. The lowest BCUT2D eigenvalue weighted by molar-refractivity contribution is 0.231. The topological polar surface area (TPSA) is 6.48 Å². The van der Waals surface area contributed by atoms with E-state index in [1.807, 2.05) is 0 Å². The Morgan fingerprint density at radius 1 is 0.842 bits per heavy atom. The zero-order valence-corrected chi connectivity index (χ0v) is 13.6. The van der Waals surface area contributed by atoms with Crippen molar-refractivity contribution < 1.29 is 0 Å². The lowest BCUT2D eigenvalue weighted by Crippen LogP contribution is -2.33. The zero-order chi connectivity index (χ0) is 14.4. The van der Waals surface area contributed by atoms with Gasteiger partial charge in [0.15, 0.2) is 0 Å². The minimum absolute atomic E-state index is 1.07. The van der Waals surface area contributed by atoms with E-state index in [1.165, 1.54) is 22.3 Å². The average molecular weight is 262 g/mol. The van der Waals surface area contributed by atoms with Gasteiger partial charge in [0.1, 0.15) is 0 Å². The molecule has 0 saturated heterocycles. The SMILES string of the molecule is CCN(C)CCN(CC)Cc1cc(C)c(C)cc1C. The third-order valence-corrected chi connectivity index (χ3v) is 4.13. The maximum Gasteiger partial charge on any atom is 0.0236 e. The van der Waals surface area contributed by atoms with E-state index in [-0.39, 0.29) is 0 Å². The molecule has 1 aromatic rings. The summed E-state index contributed by atoms with van der Waals surface area (Å²) >= 11 is 0. The van der Waals surface area contributed by atoms with Gasteiger partial charge in [-0.3, -0.25) is 4.90 Å². The first-order valence-electron chi connectivity index (χ1n) is 7.45. The first-order chi connectivity index (χ1) is 8.97. The van der Waals surface area contributed by atoms with Gasteiger partial charge < -0.3 is 4.90 Å². The van der Waals surface area contributed by atoms with E-state index < -0.39 is 0 Å². The minimum Gasteiger partial charge on any atom is -0.305 e. The molecule has 1 aromatic carbocycles. The molecule has 2 nitrogen and oxygen atoms in total. The van der Waals surface area contributed by atoms with Crippen molar-refractivity contribution in [3.8, 4) is 0 Å². The van der Waals surface area contributed by atoms with Gasteiger partial charge in [0.2, 0.25) is 0 Å². The van der Waals surface area contributed by atoms with Gasteiger partial charge >= 0.3 is 0 Å². The Balaban J connectivity index is 2.67. The molecule has 0 aliphatic carbocycles. The molecule has 0 aromatic heterocycles. The highest BCUT2D eigenvalue weighted by molar-refractivity contribution is 5.36. The first-order valence-corrected chi connectivity index (χ1v) is 7.45. The molecule has 0 saturated carbocycles. The molecule has 0 amide bonds. The third kappa shape index (κ3) is 4.96. The highest BCUT2D eigenvalue weighted by Crippen LogP contribution is 2.17. The highest BCUT2D eigenvalue weighted by Gasteiger charge is 2.08. The monoisotopic (exact) mass is 262 g/mol. The van der Waals surface area contributed by atoms with Crippen LogP contribution in [0.5, 0.6) is 0 Å². The molecule has 0 bridgehead atoms. The summed E-state index contributed by atoms with van der Waals surface area (Å²) in [4.78, 5) is 4.90. The van der Waals surface area contributed by atoms with E-state index in [4.69, 9.17) is 0 Å². The highest BCUT2D eigenvalue weighted by atomic mass is 15.2. The summed E-state index contributed by atoms with van der Waals surface area (Å²) in [6, 6.07) is 4.67. The standard InChI is InChI=1S/C17H30N2/c1-7-18(6)9-10-19(8-2)13-17-12-15(4)14(3)11-16(17)5/h11-12H,7-10,13H2,1-6H3. The molecule has 108 valence electrons. The molecule has 2 heteroatoms. The summed E-state index contributed by atoms with van der Waals surface area (Å²) in [6.07, 6.45) is 0. The van der Waals surface area contributed by atoms with Crippen LogP contribution in [0.25, 0.3) is 0 Å². The van der Waals surface area contributed by atoms with Crippen molar-refractivity contribution >= 4 is 0 Å². The number of hydrogen-bond donors (Lipinski definition) is 0. The fourth-order valence-corrected chi connectivity index (χ4v) is 2.25. The Morgan fingerprint density at radius 3 is 2.05 bits per heavy atom. The second-order valence-corrected chi connectivity index (χ2v) is 5.63. The Morgan fingerprint density at radius 2 is 1.47 bits per heavy atom. The van der Waals surface area contributed by atoms with Crippen molar-refractivity contribution in [3.05, 3.63) is 34.4 Å². The molecular weight excluding hydrogens is 232 g/mol. The van der Waals surface area contributed by atoms with Gasteiger partial charge in [-0.1, -0.05) is 26.0 Å². The van der Waals surface area contributed by atoms with E-state index in [1.54, 1.807) is 0 Å². The van der Waals surface area contributed by atoms with Crippen LogP contribution in [-0.2, 0) is 6.54 Å². The maximum atomic E-state index is 2.53. The van der Waals surface area contributed by atoms with Crippen LogP contribution >= 0.6 is 0 Å². The summed E-state index contributed by atoms with van der Waals surface area (Å²) in [6.45, 7) is 16.7. The fraction of sp³-hybridized carbons (Fsp3) is 0.647. The predicted octanol–water partition coefficient (Wildman–Crippen LogP) is 3.39. The summed E-state index contributed by atoms with van der Waals surface area (Å²) in [7, 11) is 2.19. The molecule has 0 fully saturated rings. The Bertz CT molecular complexity index is 398. The van der Waals surface area contributed by atoms with E-state index >= 15 is 0 Å². The quantitative estimate of drug-likeness (QED) is 0.743. The van der Waals surface area contributed by atoms with Gasteiger partial charge in [-0.05, 0) is 63.2 Å². The van der Waals surface area contributed by atoms with Crippen LogP contribution < -0.4 is 0 Å². The van der Waals surface area contributed by atoms with Gasteiger partial charge in [0.25, 0.3) is 0 Å². The van der Waals surface area contributed by atoms with Gasteiger partial charge in [-0.15, -0.1) is 0 Å². The normalized spacial score (nSPS) is 11.6. The molecule has 0 heterocycles. The number of benzene rings is 1. The smallest absolute Gasteiger partial charge is 0.0236 e. The van der Waals surface area contributed by atoms with Gasteiger partial charge in [0.05, 0.1) is 0 Å². The first kappa shape index (κ1) is 16.2. The molecule has 0 aliphatic rings. The number of aryl methyl sites for hydroxylation is 3. The second-order valence-electron chi connectivity index (χ2n) is 5.63. The van der Waals surface area contributed by atoms with Gasteiger partial charge in [0, 0.05) is 19.6 Å². The van der Waals surface area contributed by atoms with Crippen molar-refractivity contribution in [1.82, 2.24) is 9.80 Å². The molecular formula is C17H30N2. The molecule has 0 radical (unpaired) electrons. The zero-order valence-electron chi connectivity index (χ0n) is 13.6. The second kappa shape index (κ2) is 7.66. The van der Waals surface area contributed by atoms with Crippen LogP contribution in [0.2, 0.25) is 0 Å². The van der Waals surface area contributed by atoms with Crippen molar-refractivity contribution in [2.45, 2.75) is 41.2 Å². The van der Waals surface area contributed by atoms with E-state index in [0.29, 0.717) is 0 Å². The van der Waals surface area contributed by atoms with E-state index in [9.17, 15) is 0 Å². The molecule has 19 heavy (non-hydrogen) atoms. The molecule has 0 N–H and O–H groups in total. The molecule has 0 unspecified atom stereocenters. The third-order valence-electron chi connectivity index (χ3n) is 4.13. The Hall–Kier alpha value is -0.860. The largest absolute Gasteiger partial charge is 0.305 e. The predicted molar refractivity (Wildman–Crippen MR) is 84.8 cm³/mol. The molecule has 0 spiro atoms. The molecule has 0 atom stereocenters. The van der Waals surface area contributed by atoms with E-state index in [2.05, 4.69) is 63.6 Å². The summed E-state index contributed by atoms with van der Waals surface area (Å²) in [5.41, 5.74) is 5.70. The summed E-state index contributed by atoms with van der Waals surface area (Å²) in [5, 5.41) is 0. The van der Waals surface area contributed by atoms with Crippen LogP contribution in [0, 0.1) is 20.8 Å². The van der Waals surface area contributed by atoms with E-state index in [0.717, 1.165) is 32.7 Å². The van der Waals surface area contributed by atoms with Crippen LogP contribution in [-0.4, -0.2) is 43.0 Å². The number of likely N-dealkylation sites (N-methyl/N-ethyl adjacent to an activating group) is 2. The minimum atomic E-state index is 1.07. The number of rotatable bonds is 7. The Labute approximate surface area is 119 Å². The van der Waals surface area contributed by atoms with Crippen molar-refractivity contribution in [1.29, 1.82) is 0 Å². The van der Waals surface area contributed by atoms with Crippen LogP contribution in [0.3, 0.4) is 0 Å². The Kier molecular flexibility index (Phi) is 6.53. The van der Waals surface area contributed by atoms with Crippen LogP contribution in [0.1, 0.15) is 36.1 Å². The fourth-order valence-electron chi connectivity index (χ4n) is 2.25. The van der Waals surface area contributed by atoms with Gasteiger partial charge in [-0.25, -0.2) is 0 Å². The van der Waals surface area contributed by atoms with Crippen molar-refractivity contribution in [3.63, 3.8) is 0 Å². The van der Waals surface area contributed by atoms with Gasteiger partial charge in [-0.2, -0.15) is 0 Å². The number of hydrogen-bond acceptors (Lipinski definition) is 2. The lowest BCUT2D eigenvalue weighted by atomic mass is 10.0. The van der Waals surface area contributed by atoms with Crippen LogP contribution in [0.4, 0.5) is 0 Å². The lowest BCUT2D eigenvalue weighted by Gasteiger charge is -2.24. The maximum absolute atomic E-state index is 2.53. The molecule has 1 rings (SSSR count). The van der Waals surface area contributed by atoms with Crippen molar-refractivity contribution in [2.75, 3.05) is 33.2 Å².